The predicted octanol–water partition coefficient (Wildman–Crippen LogP) is 1.34. The summed E-state index contributed by atoms with van der Waals surface area (Å²) in [6, 6.07) is 6.76. The minimum Gasteiger partial charge on any atom is -0.298 e. The summed E-state index contributed by atoms with van der Waals surface area (Å²) >= 11 is 0. The zero-order valence-corrected chi connectivity index (χ0v) is 14.9. The minimum atomic E-state index is -3.50. The van der Waals surface area contributed by atoms with Gasteiger partial charge >= 0.3 is 0 Å². The van der Waals surface area contributed by atoms with Crippen molar-refractivity contribution in [2.45, 2.75) is 30.7 Å². The molecule has 23 heavy (non-hydrogen) atoms. The second-order valence-corrected chi connectivity index (χ2v) is 9.89. The van der Waals surface area contributed by atoms with Gasteiger partial charge in [-0.2, -0.15) is 4.31 Å². The van der Waals surface area contributed by atoms with Crippen LogP contribution in [0.15, 0.2) is 29.2 Å². The average Bonchev–Trinajstić information content (AvgIpc) is 3.07. The molecule has 2 fully saturated rings. The summed E-state index contributed by atoms with van der Waals surface area (Å²) in [5.74, 6) is 0.0360. The van der Waals surface area contributed by atoms with Crippen molar-refractivity contribution in [2.24, 2.45) is 11.8 Å². The summed E-state index contributed by atoms with van der Waals surface area (Å²) in [7, 11) is -4.63. The van der Waals surface area contributed by atoms with Crippen LogP contribution in [0.1, 0.15) is 18.4 Å². The van der Waals surface area contributed by atoms with E-state index >= 15 is 0 Å². The SMILES string of the molecule is Cc1ccc(S(=O)(=O)N2CC3CC2CC3C(=O)CS(C)=O)cc1. The van der Waals surface area contributed by atoms with E-state index in [1.807, 2.05) is 6.92 Å². The van der Waals surface area contributed by atoms with Gasteiger partial charge in [-0.05, 0) is 37.8 Å². The van der Waals surface area contributed by atoms with Gasteiger partial charge in [0.1, 0.15) is 5.78 Å². The molecule has 0 spiro atoms. The topological polar surface area (TPSA) is 71.5 Å². The fourth-order valence-electron chi connectivity index (χ4n) is 3.75. The predicted molar refractivity (Wildman–Crippen MR) is 89.0 cm³/mol. The summed E-state index contributed by atoms with van der Waals surface area (Å²) in [5.41, 5.74) is 1.02. The Morgan fingerprint density at radius 2 is 1.91 bits per heavy atom. The maximum absolute atomic E-state index is 12.8. The standard InChI is InChI=1S/C16H21NO4S2/c1-11-3-5-14(6-4-11)23(20,21)17-9-12-7-13(17)8-15(12)16(18)10-22(2)19/h3-6,12-13,15H,7-10H2,1-2H3. The lowest BCUT2D eigenvalue weighted by Gasteiger charge is -2.30. The molecule has 1 aliphatic carbocycles. The highest BCUT2D eigenvalue weighted by Crippen LogP contribution is 2.44. The van der Waals surface area contributed by atoms with Crippen LogP contribution in [-0.2, 0) is 25.6 Å². The van der Waals surface area contributed by atoms with E-state index in [0.717, 1.165) is 12.0 Å². The summed E-state index contributed by atoms with van der Waals surface area (Å²) in [4.78, 5) is 12.5. The second-order valence-electron chi connectivity index (χ2n) is 6.56. The molecule has 0 radical (unpaired) electrons. The van der Waals surface area contributed by atoms with Gasteiger partial charge in [-0.25, -0.2) is 8.42 Å². The van der Waals surface area contributed by atoms with Crippen LogP contribution in [0, 0.1) is 18.8 Å². The highest BCUT2D eigenvalue weighted by molar-refractivity contribution is 7.89. The van der Waals surface area contributed by atoms with E-state index in [2.05, 4.69) is 0 Å². The number of hydrogen-bond donors (Lipinski definition) is 0. The van der Waals surface area contributed by atoms with E-state index in [-0.39, 0.29) is 29.4 Å². The normalized spacial score (nSPS) is 28.9. The van der Waals surface area contributed by atoms with Gasteiger partial charge in [0, 0.05) is 35.6 Å². The Morgan fingerprint density at radius 1 is 1.26 bits per heavy atom. The Labute approximate surface area is 139 Å². The third-order valence-electron chi connectivity index (χ3n) is 4.88. The number of ketones is 1. The second kappa shape index (κ2) is 6.11. The molecule has 1 heterocycles. The van der Waals surface area contributed by atoms with Crippen LogP contribution in [0.4, 0.5) is 0 Å². The molecule has 7 heteroatoms. The average molecular weight is 355 g/mol. The van der Waals surface area contributed by atoms with Gasteiger partial charge in [-0.3, -0.25) is 9.00 Å². The highest BCUT2D eigenvalue weighted by Gasteiger charge is 2.51. The Kier molecular flexibility index (Phi) is 4.46. The van der Waals surface area contributed by atoms with E-state index in [1.54, 1.807) is 28.6 Å². The largest absolute Gasteiger partial charge is 0.298 e. The lowest BCUT2D eigenvalue weighted by Crippen LogP contribution is -2.42. The van der Waals surface area contributed by atoms with E-state index < -0.39 is 20.8 Å². The van der Waals surface area contributed by atoms with Crippen molar-refractivity contribution in [1.82, 2.24) is 4.31 Å². The van der Waals surface area contributed by atoms with Crippen molar-refractivity contribution in [3.05, 3.63) is 29.8 Å². The molecule has 0 amide bonds. The molecular formula is C16H21NO4S2. The van der Waals surface area contributed by atoms with Crippen molar-refractivity contribution in [3.63, 3.8) is 0 Å². The third kappa shape index (κ3) is 3.14. The van der Waals surface area contributed by atoms with Crippen LogP contribution in [0.2, 0.25) is 0 Å². The van der Waals surface area contributed by atoms with Crippen molar-refractivity contribution in [3.8, 4) is 0 Å². The molecule has 5 nitrogen and oxygen atoms in total. The number of carbonyl (C=O) groups is 1. The maximum atomic E-state index is 12.8. The van der Waals surface area contributed by atoms with Crippen LogP contribution < -0.4 is 0 Å². The molecule has 4 atom stereocenters. The minimum absolute atomic E-state index is 0.0192. The van der Waals surface area contributed by atoms with Crippen LogP contribution in [0.3, 0.4) is 0 Å². The molecule has 1 aromatic carbocycles. The Morgan fingerprint density at radius 3 is 2.43 bits per heavy atom. The number of nitrogens with zero attached hydrogens (tertiary/aromatic N) is 1. The van der Waals surface area contributed by atoms with Crippen molar-refractivity contribution in [2.75, 3.05) is 18.6 Å². The lowest BCUT2D eigenvalue weighted by molar-refractivity contribution is -0.121. The molecule has 2 aliphatic rings. The van der Waals surface area contributed by atoms with Crippen LogP contribution in [0.25, 0.3) is 0 Å². The molecule has 1 saturated carbocycles. The highest BCUT2D eigenvalue weighted by atomic mass is 32.2. The first kappa shape index (κ1) is 16.8. The number of carbonyl (C=O) groups excluding carboxylic acids is 1. The number of fused-ring (bicyclic) bond motifs is 2. The number of benzene rings is 1. The van der Waals surface area contributed by atoms with E-state index in [9.17, 15) is 17.4 Å². The smallest absolute Gasteiger partial charge is 0.243 e. The number of piperidine rings is 1. The van der Waals surface area contributed by atoms with Gasteiger partial charge in [-0.1, -0.05) is 17.7 Å². The number of sulfonamides is 1. The summed E-state index contributed by atoms with van der Waals surface area (Å²) < 4.78 is 38.4. The monoisotopic (exact) mass is 355 g/mol. The molecule has 126 valence electrons. The quantitative estimate of drug-likeness (QED) is 0.799. The van der Waals surface area contributed by atoms with Gasteiger partial charge in [-0.15, -0.1) is 0 Å². The molecule has 1 aromatic rings. The molecular weight excluding hydrogens is 334 g/mol. The van der Waals surface area contributed by atoms with Crippen LogP contribution >= 0.6 is 0 Å². The molecule has 1 aliphatic heterocycles. The molecule has 3 rings (SSSR count). The van der Waals surface area contributed by atoms with E-state index in [1.165, 1.54) is 6.26 Å². The fourth-order valence-corrected chi connectivity index (χ4v) is 6.07. The third-order valence-corrected chi connectivity index (χ3v) is 7.50. The molecule has 0 N–H and O–H groups in total. The maximum Gasteiger partial charge on any atom is 0.243 e. The number of hydrogen-bond acceptors (Lipinski definition) is 4. The number of rotatable bonds is 5. The van der Waals surface area contributed by atoms with Gasteiger partial charge < -0.3 is 0 Å². The summed E-state index contributed by atoms with van der Waals surface area (Å²) in [6.45, 7) is 2.32. The molecule has 0 aromatic heterocycles. The Balaban J connectivity index is 1.75. The lowest BCUT2D eigenvalue weighted by atomic mass is 9.92. The first-order valence-electron chi connectivity index (χ1n) is 7.70. The fraction of sp³-hybridized carbons (Fsp3) is 0.562. The number of Topliss-reactive ketones (excluding diaryl/α,β-unsaturated/α-hetero) is 1. The van der Waals surface area contributed by atoms with Crippen LogP contribution in [-0.4, -0.2) is 47.3 Å². The zero-order chi connectivity index (χ0) is 16.8. The molecule has 2 bridgehead atoms. The van der Waals surface area contributed by atoms with Crippen molar-refractivity contribution in [1.29, 1.82) is 0 Å². The van der Waals surface area contributed by atoms with Gasteiger partial charge in [0.15, 0.2) is 0 Å². The van der Waals surface area contributed by atoms with Gasteiger partial charge in [0.05, 0.1) is 10.6 Å². The van der Waals surface area contributed by atoms with Crippen molar-refractivity contribution >= 4 is 26.6 Å². The van der Waals surface area contributed by atoms with E-state index in [0.29, 0.717) is 17.9 Å². The zero-order valence-electron chi connectivity index (χ0n) is 13.3. The summed E-state index contributed by atoms with van der Waals surface area (Å²) in [6.07, 6.45) is 2.82. The first-order chi connectivity index (χ1) is 10.8. The van der Waals surface area contributed by atoms with Crippen LogP contribution in [0.5, 0.6) is 0 Å². The van der Waals surface area contributed by atoms with Crippen molar-refractivity contribution < 1.29 is 17.4 Å². The van der Waals surface area contributed by atoms with E-state index in [4.69, 9.17) is 0 Å². The summed E-state index contributed by atoms with van der Waals surface area (Å²) in [5, 5.41) is 0. The first-order valence-corrected chi connectivity index (χ1v) is 10.9. The number of aryl methyl sites for hydroxylation is 1. The molecule has 4 unspecified atom stereocenters. The Hall–Kier alpha value is -1.05. The van der Waals surface area contributed by atoms with Gasteiger partial charge in [0.25, 0.3) is 0 Å². The molecule has 1 saturated heterocycles. The van der Waals surface area contributed by atoms with Gasteiger partial charge in [0.2, 0.25) is 10.0 Å². The Bertz CT molecular complexity index is 742.